The maximum Gasteiger partial charge on any atom is 0.343 e. The van der Waals surface area contributed by atoms with Crippen LogP contribution in [0.5, 0.6) is 5.75 Å². The van der Waals surface area contributed by atoms with Gasteiger partial charge in [-0.15, -0.1) is 0 Å². The summed E-state index contributed by atoms with van der Waals surface area (Å²) in [6.07, 6.45) is 1.73. The second kappa shape index (κ2) is 9.01. The standard InChI is InChI=1S/C20H22N2O4/c1-24-20(23)15-26-19-5-3-2-4-16(19)14-21-17-6-8-18(9-7-17)22-10-12-25-13-11-22/h2-9,14H,10-13,15H2,1H3. The third kappa shape index (κ3) is 4.83. The number of methoxy groups -OCH3 is 1. The lowest BCUT2D eigenvalue weighted by atomic mass is 10.2. The van der Waals surface area contributed by atoms with Crippen LogP contribution in [0.3, 0.4) is 0 Å². The van der Waals surface area contributed by atoms with Gasteiger partial charge in [-0.2, -0.15) is 0 Å². The number of hydrogen-bond donors (Lipinski definition) is 0. The van der Waals surface area contributed by atoms with E-state index in [0.717, 1.165) is 37.6 Å². The molecule has 2 aromatic rings. The molecule has 0 amide bonds. The average molecular weight is 354 g/mol. The van der Waals surface area contributed by atoms with Gasteiger partial charge >= 0.3 is 5.97 Å². The van der Waals surface area contributed by atoms with Crippen molar-refractivity contribution in [1.29, 1.82) is 0 Å². The highest BCUT2D eigenvalue weighted by Crippen LogP contribution is 2.22. The van der Waals surface area contributed by atoms with Crippen LogP contribution in [-0.2, 0) is 14.3 Å². The zero-order valence-corrected chi connectivity index (χ0v) is 14.8. The second-order valence-corrected chi connectivity index (χ2v) is 5.78. The zero-order chi connectivity index (χ0) is 18.2. The molecule has 26 heavy (non-hydrogen) atoms. The lowest BCUT2D eigenvalue weighted by molar-refractivity contribution is -0.142. The summed E-state index contributed by atoms with van der Waals surface area (Å²) in [5, 5.41) is 0. The van der Waals surface area contributed by atoms with Gasteiger partial charge in [-0.1, -0.05) is 12.1 Å². The Hall–Kier alpha value is -2.86. The van der Waals surface area contributed by atoms with E-state index in [1.165, 1.54) is 12.8 Å². The molecule has 0 radical (unpaired) electrons. The number of para-hydroxylation sites is 1. The molecule has 6 heteroatoms. The van der Waals surface area contributed by atoms with E-state index in [4.69, 9.17) is 9.47 Å². The van der Waals surface area contributed by atoms with Crippen molar-refractivity contribution in [1.82, 2.24) is 0 Å². The summed E-state index contributed by atoms with van der Waals surface area (Å²) in [7, 11) is 1.33. The van der Waals surface area contributed by atoms with E-state index in [-0.39, 0.29) is 6.61 Å². The first-order chi connectivity index (χ1) is 12.8. The van der Waals surface area contributed by atoms with Crippen LogP contribution in [0.25, 0.3) is 0 Å². The molecule has 0 aliphatic carbocycles. The Kier molecular flexibility index (Phi) is 6.22. The van der Waals surface area contributed by atoms with Crippen LogP contribution in [0.4, 0.5) is 11.4 Å². The number of morpholine rings is 1. The van der Waals surface area contributed by atoms with Crippen molar-refractivity contribution < 1.29 is 19.0 Å². The quantitative estimate of drug-likeness (QED) is 0.590. The number of aliphatic imine (C=N–C) groups is 1. The van der Waals surface area contributed by atoms with Gasteiger partial charge in [0.05, 0.1) is 26.0 Å². The molecule has 2 aromatic carbocycles. The summed E-state index contributed by atoms with van der Waals surface area (Å²) in [5.74, 6) is 0.169. The number of hydrogen-bond acceptors (Lipinski definition) is 6. The number of nitrogens with zero attached hydrogens (tertiary/aromatic N) is 2. The molecule has 0 spiro atoms. The number of benzene rings is 2. The molecule has 1 heterocycles. The van der Waals surface area contributed by atoms with Gasteiger partial charge in [-0.05, 0) is 36.4 Å². The Morgan fingerprint density at radius 3 is 2.62 bits per heavy atom. The summed E-state index contributed by atoms with van der Waals surface area (Å²) < 4.78 is 15.5. The number of esters is 1. The minimum absolute atomic E-state index is 0.129. The first-order valence-corrected chi connectivity index (χ1v) is 8.52. The Morgan fingerprint density at radius 1 is 1.15 bits per heavy atom. The summed E-state index contributed by atoms with van der Waals surface area (Å²) in [4.78, 5) is 18.1. The van der Waals surface area contributed by atoms with E-state index in [1.807, 2.05) is 30.3 Å². The molecular formula is C20H22N2O4. The van der Waals surface area contributed by atoms with E-state index < -0.39 is 5.97 Å². The molecule has 6 nitrogen and oxygen atoms in total. The largest absolute Gasteiger partial charge is 0.481 e. The van der Waals surface area contributed by atoms with Crippen LogP contribution in [0.15, 0.2) is 53.5 Å². The smallest absolute Gasteiger partial charge is 0.343 e. The number of rotatable bonds is 6. The first kappa shape index (κ1) is 17.9. The Balaban J connectivity index is 1.66. The van der Waals surface area contributed by atoms with Crippen molar-refractivity contribution in [3.8, 4) is 5.75 Å². The lowest BCUT2D eigenvalue weighted by Gasteiger charge is -2.28. The van der Waals surface area contributed by atoms with Crippen molar-refractivity contribution in [2.75, 3.05) is 44.9 Å². The fourth-order valence-corrected chi connectivity index (χ4v) is 2.63. The maximum absolute atomic E-state index is 11.2. The third-order valence-corrected chi connectivity index (χ3v) is 4.07. The molecule has 0 atom stereocenters. The first-order valence-electron chi connectivity index (χ1n) is 8.52. The topological polar surface area (TPSA) is 60.4 Å². The summed E-state index contributed by atoms with van der Waals surface area (Å²) in [6.45, 7) is 3.22. The lowest BCUT2D eigenvalue weighted by Crippen LogP contribution is -2.36. The zero-order valence-electron chi connectivity index (χ0n) is 14.8. The van der Waals surface area contributed by atoms with Crippen molar-refractivity contribution in [3.63, 3.8) is 0 Å². The Labute approximate surface area is 153 Å². The Bertz CT molecular complexity index is 753. The predicted molar refractivity (Wildman–Crippen MR) is 101 cm³/mol. The van der Waals surface area contributed by atoms with Crippen molar-refractivity contribution >= 4 is 23.6 Å². The molecule has 1 fully saturated rings. The van der Waals surface area contributed by atoms with Crippen LogP contribution in [0.1, 0.15) is 5.56 Å². The monoisotopic (exact) mass is 354 g/mol. The molecule has 1 saturated heterocycles. The number of ether oxygens (including phenoxy) is 3. The molecule has 0 unspecified atom stereocenters. The van der Waals surface area contributed by atoms with Crippen LogP contribution in [0, 0.1) is 0 Å². The fraction of sp³-hybridized carbons (Fsp3) is 0.300. The van der Waals surface area contributed by atoms with Crippen molar-refractivity contribution in [2.24, 2.45) is 4.99 Å². The highest BCUT2D eigenvalue weighted by atomic mass is 16.6. The van der Waals surface area contributed by atoms with E-state index in [1.54, 1.807) is 12.3 Å². The van der Waals surface area contributed by atoms with E-state index in [9.17, 15) is 4.79 Å². The van der Waals surface area contributed by atoms with Crippen molar-refractivity contribution in [2.45, 2.75) is 0 Å². The highest BCUT2D eigenvalue weighted by Gasteiger charge is 2.10. The van der Waals surface area contributed by atoms with Gasteiger partial charge in [0.25, 0.3) is 0 Å². The van der Waals surface area contributed by atoms with E-state index in [0.29, 0.717) is 5.75 Å². The van der Waals surface area contributed by atoms with Gasteiger partial charge < -0.3 is 19.1 Å². The maximum atomic E-state index is 11.2. The van der Waals surface area contributed by atoms with Crippen molar-refractivity contribution in [3.05, 3.63) is 54.1 Å². The van der Waals surface area contributed by atoms with E-state index in [2.05, 4.69) is 26.8 Å². The van der Waals surface area contributed by atoms with Gasteiger partial charge in [0.1, 0.15) is 5.75 Å². The predicted octanol–water partition coefficient (Wildman–Crippen LogP) is 2.83. The average Bonchev–Trinajstić information content (AvgIpc) is 2.72. The molecule has 3 rings (SSSR count). The number of carbonyl (C=O) groups is 1. The SMILES string of the molecule is COC(=O)COc1ccccc1C=Nc1ccc(N2CCOCC2)cc1. The molecule has 0 N–H and O–H groups in total. The molecule has 136 valence electrons. The Morgan fingerprint density at radius 2 is 1.88 bits per heavy atom. The van der Waals surface area contributed by atoms with E-state index >= 15 is 0 Å². The summed E-state index contributed by atoms with van der Waals surface area (Å²) >= 11 is 0. The molecule has 1 aliphatic rings. The van der Waals surface area contributed by atoms with Gasteiger partial charge in [-0.3, -0.25) is 4.99 Å². The van der Waals surface area contributed by atoms with Crippen LogP contribution < -0.4 is 9.64 Å². The molecule has 0 bridgehead atoms. The minimum atomic E-state index is -0.421. The minimum Gasteiger partial charge on any atom is -0.481 e. The van der Waals surface area contributed by atoms with Crippen LogP contribution >= 0.6 is 0 Å². The van der Waals surface area contributed by atoms with Crippen LogP contribution in [0.2, 0.25) is 0 Å². The molecule has 1 aliphatic heterocycles. The fourth-order valence-electron chi connectivity index (χ4n) is 2.63. The number of anilines is 1. The highest BCUT2D eigenvalue weighted by molar-refractivity contribution is 5.85. The van der Waals surface area contributed by atoms with Crippen LogP contribution in [-0.4, -0.2) is 52.2 Å². The number of carbonyl (C=O) groups excluding carboxylic acids is 1. The summed E-state index contributed by atoms with van der Waals surface area (Å²) in [6, 6.07) is 15.5. The third-order valence-electron chi connectivity index (χ3n) is 4.07. The van der Waals surface area contributed by atoms with Gasteiger partial charge in [0, 0.05) is 30.6 Å². The molecular weight excluding hydrogens is 332 g/mol. The van der Waals surface area contributed by atoms with Gasteiger partial charge in [-0.25, -0.2) is 4.79 Å². The van der Waals surface area contributed by atoms with Gasteiger partial charge in [0.15, 0.2) is 6.61 Å². The second-order valence-electron chi connectivity index (χ2n) is 5.78. The molecule has 0 saturated carbocycles. The summed E-state index contributed by atoms with van der Waals surface area (Å²) in [5.41, 5.74) is 2.83. The van der Waals surface area contributed by atoms with Gasteiger partial charge in [0.2, 0.25) is 0 Å². The normalized spacial score (nSPS) is 14.4. The molecule has 0 aromatic heterocycles.